The van der Waals surface area contributed by atoms with Crippen LogP contribution in [0.2, 0.25) is 0 Å². The number of para-hydroxylation sites is 1. The Morgan fingerprint density at radius 1 is 0.954 bits per heavy atom. The summed E-state index contributed by atoms with van der Waals surface area (Å²) in [5.74, 6) is -2.74. The van der Waals surface area contributed by atoms with Crippen LogP contribution >= 0.6 is 0 Å². The van der Waals surface area contributed by atoms with Crippen molar-refractivity contribution in [2.24, 2.45) is 13.0 Å². The molecule has 2 aromatic heterocycles. The topological polar surface area (TPSA) is 228 Å². The monoisotopic (exact) mass is 874 g/mol. The van der Waals surface area contributed by atoms with Crippen LogP contribution in [-0.2, 0) is 27.9 Å². The van der Waals surface area contributed by atoms with E-state index in [1.54, 1.807) is 27.7 Å². The molecule has 5 aromatic rings. The summed E-state index contributed by atoms with van der Waals surface area (Å²) in [7, 11) is 1.78. The molecule has 9 rings (SSSR count). The second-order valence-electron chi connectivity index (χ2n) is 16.7. The number of rotatable bonds is 10. The summed E-state index contributed by atoms with van der Waals surface area (Å²) in [6, 6.07) is 17.3. The Balaban J connectivity index is 1.05. The molecule has 3 aromatic carbocycles. The molecule has 0 radical (unpaired) electrons. The van der Waals surface area contributed by atoms with Gasteiger partial charge in [-0.3, -0.25) is 39.0 Å². The zero-order valence-corrected chi connectivity index (χ0v) is 36.1. The number of carbonyl (C=O) groups is 6. The lowest BCUT2D eigenvalue weighted by Crippen LogP contribution is -2.54. The molecule has 6 heterocycles. The second-order valence-corrected chi connectivity index (χ2v) is 16.7. The third kappa shape index (κ3) is 8.01. The quantitative estimate of drug-likeness (QED) is 0.111. The maximum atomic E-state index is 15.2. The lowest BCUT2D eigenvalue weighted by Gasteiger charge is -2.38. The van der Waals surface area contributed by atoms with Crippen molar-refractivity contribution in [3.63, 3.8) is 0 Å². The number of nitrogens with one attached hydrogen (secondary N) is 4. The molecular formula is C47H46N12O6. The normalized spacial score (nSPS) is 18.7. The highest BCUT2D eigenvalue weighted by atomic mass is 16.2. The summed E-state index contributed by atoms with van der Waals surface area (Å²) < 4.78 is 1.65. The third-order valence-corrected chi connectivity index (χ3v) is 12.7. The first-order valence-electron chi connectivity index (χ1n) is 21.6. The van der Waals surface area contributed by atoms with E-state index in [0.717, 1.165) is 32.8 Å². The molecule has 0 spiro atoms. The van der Waals surface area contributed by atoms with Crippen molar-refractivity contribution < 1.29 is 28.8 Å². The number of nitrogens with zero attached hydrogens (tertiary/aromatic N) is 8. The van der Waals surface area contributed by atoms with Crippen LogP contribution in [-0.4, -0.2) is 102 Å². The van der Waals surface area contributed by atoms with Gasteiger partial charge in [0.15, 0.2) is 11.5 Å². The van der Waals surface area contributed by atoms with Gasteiger partial charge >= 0.3 is 0 Å². The fraction of sp³-hybridized carbons (Fsp3) is 0.319. The number of benzene rings is 3. The number of carbonyl (C=O) groups excluding carboxylic acids is 6. The van der Waals surface area contributed by atoms with Crippen molar-refractivity contribution in [1.29, 1.82) is 5.26 Å². The van der Waals surface area contributed by atoms with Crippen molar-refractivity contribution in [1.82, 2.24) is 39.8 Å². The van der Waals surface area contributed by atoms with E-state index in [2.05, 4.69) is 26.3 Å². The molecule has 4 aliphatic heterocycles. The molecule has 2 saturated heterocycles. The minimum Gasteiger partial charge on any atom is -0.376 e. The minimum atomic E-state index is -1.27. The number of fused-ring (bicyclic) bond motifs is 3. The van der Waals surface area contributed by atoms with Gasteiger partial charge in [-0.2, -0.15) is 15.3 Å². The van der Waals surface area contributed by atoms with Gasteiger partial charge in [0, 0.05) is 56.8 Å². The van der Waals surface area contributed by atoms with Crippen molar-refractivity contribution >= 4 is 69.6 Å². The molecule has 2 fully saturated rings. The number of likely N-dealkylation sites (tertiary alicyclic amines) is 1. The van der Waals surface area contributed by atoms with Gasteiger partial charge in [-0.15, -0.1) is 0 Å². The molecule has 330 valence electrons. The number of imide groups is 2. The van der Waals surface area contributed by atoms with Crippen LogP contribution in [0, 0.1) is 31.1 Å². The summed E-state index contributed by atoms with van der Waals surface area (Å²) in [6.45, 7) is 5.06. The molecule has 18 heteroatoms. The number of allylic oxidation sites excluding steroid dienone is 2. The first-order chi connectivity index (χ1) is 31.4. The lowest BCUT2D eigenvalue weighted by atomic mass is 9.94. The Labute approximate surface area is 373 Å². The molecule has 0 saturated carbocycles. The molecule has 2 unspecified atom stereocenters. The number of hydrogen-bond acceptors (Lipinski definition) is 13. The SMILES string of the molecule is Cc1cccc(C)c1Nc1nn(C)c2nc(NC3c4ccccc4CCN3C(=O)c3cc(NCC(=O)N4CCC(C=CC#N)CC4)cc4c3C(=O)N(C3CCC(=O)NC3=O)C4=O)ncc12. The van der Waals surface area contributed by atoms with Gasteiger partial charge in [0.25, 0.3) is 17.7 Å². The summed E-state index contributed by atoms with van der Waals surface area (Å²) >= 11 is 0. The van der Waals surface area contributed by atoms with E-state index in [9.17, 15) is 24.0 Å². The molecule has 65 heavy (non-hydrogen) atoms. The number of amides is 6. The van der Waals surface area contributed by atoms with Gasteiger partial charge in [-0.1, -0.05) is 48.5 Å². The van der Waals surface area contributed by atoms with Crippen molar-refractivity contribution in [2.45, 2.75) is 58.2 Å². The molecule has 6 amide bonds. The molecular weight excluding hydrogens is 829 g/mol. The molecule has 4 N–H and O–H groups in total. The fourth-order valence-corrected chi connectivity index (χ4v) is 9.22. The summed E-state index contributed by atoms with van der Waals surface area (Å²) in [5.41, 5.74) is 5.18. The maximum Gasteiger partial charge on any atom is 0.263 e. The highest BCUT2D eigenvalue weighted by Gasteiger charge is 2.47. The van der Waals surface area contributed by atoms with Crippen LogP contribution in [0.3, 0.4) is 0 Å². The van der Waals surface area contributed by atoms with Crippen molar-refractivity contribution in [2.75, 3.05) is 42.1 Å². The fourth-order valence-electron chi connectivity index (χ4n) is 9.22. The Bertz CT molecular complexity index is 2870. The smallest absolute Gasteiger partial charge is 0.263 e. The zero-order chi connectivity index (χ0) is 45.5. The Morgan fingerprint density at radius 3 is 2.48 bits per heavy atom. The third-order valence-electron chi connectivity index (χ3n) is 12.7. The summed E-state index contributed by atoms with van der Waals surface area (Å²) in [6.07, 6.45) is 5.88. The van der Waals surface area contributed by atoms with Crippen LogP contribution in [0.15, 0.2) is 72.9 Å². The van der Waals surface area contributed by atoms with Crippen LogP contribution < -0.4 is 21.3 Å². The summed E-state index contributed by atoms with van der Waals surface area (Å²) in [4.78, 5) is 96.1. The molecule has 18 nitrogen and oxygen atoms in total. The highest BCUT2D eigenvalue weighted by molar-refractivity contribution is 6.27. The second kappa shape index (κ2) is 17.3. The molecule has 4 aliphatic rings. The number of piperidine rings is 2. The number of anilines is 4. The first kappa shape index (κ1) is 42.4. The van der Waals surface area contributed by atoms with Gasteiger partial charge in [-0.25, -0.2) is 9.67 Å². The van der Waals surface area contributed by atoms with Crippen LogP contribution in [0.5, 0.6) is 0 Å². The van der Waals surface area contributed by atoms with Crippen molar-refractivity contribution in [3.8, 4) is 6.07 Å². The number of hydrogen-bond donors (Lipinski definition) is 4. The maximum absolute atomic E-state index is 15.2. The predicted molar refractivity (Wildman–Crippen MR) is 239 cm³/mol. The van der Waals surface area contributed by atoms with E-state index in [4.69, 9.17) is 15.3 Å². The van der Waals surface area contributed by atoms with Gasteiger partial charge in [0.1, 0.15) is 12.2 Å². The van der Waals surface area contributed by atoms with E-state index in [1.165, 1.54) is 18.2 Å². The van der Waals surface area contributed by atoms with Gasteiger partial charge in [0.2, 0.25) is 23.7 Å². The van der Waals surface area contributed by atoms with E-state index < -0.39 is 41.7 Å². The number of aromatic nitrogens is 4. The predicted octanol–water partition coefficient (Wildman–Crippen LogP) is 4.66. The standard InChI is InChI=1S/C47H46N12O6/c1-26-8-6-9-27(2)39(26)52-40-34-24-50-47(53-41(34)56(3)55-40)54-42-31-12-5-4-11-29(31)17-21-58(42)44(63)32-22-30(49-25-37(61)57-19-15-28(16-20-57)10-7-18-48)23-33-38(32)46(65)59(45(33)64)35-13-14-36(60)51-43(35)62/h4-12,22-24,28,35,42,49H,13-17,19-21,25H2,1-3H3,(H,52,55)(H,50,53,54)(H,51,60,62). The van der Waals surface area contributed by atoms with Crippen LogP contribution in [0.25, 0.3) is 11.0 Å². The molecule has 0 bridgehead atoms. The largest absolute Gasteiger partial charge is 0.376 e. The average Bonchev–Trinajstić information content (AvgIpc) is 3.75. The Kier molecular flexibility index (Phi) is 11.3. The van der Waals surface area contributed by atoms with E-state index in [0.29, 0.717) is 49.2 Å². The number of aryl methyl sites for hydroxylation is 3. The lowest BCUT2D eigenvalue weighted by molar-refractivity contribution is -0.136. The molecule has 2 atom stereocenters. The Hall–Kier alpha value is -7.94. The average molecular weight is 875 g/mol. The zero-order valence-electron chi connectivity index (χ0n) is 36.1. The minimum absolute atomic E-state index is 0.0684. The van der Waals surface area contributed by atoms with Crippen molar-refractivity contribution in [3.05, 3.63) is 112 Å². The van der Waals surface area contributed by atoms with Gasteiger partial charge in [-0.05, 0) is 79.8 Å². The van der Waals surface area contributed by atoms with Crippen LogP contribution in [0.4, 0.5) is 23.1 Å². The number of nitriles is 1. The highest BCUT2D eigenvalue weighted by Crippen LogP contribution is 2.37. The Morgan fingerprint density at radius 2 is 1.72 bits per heavy atom. The van der Waals surface area contributed by atoms with E-state index in [1.807, 2.05) is 68.5 Å². The van der Waals surface area contributed by atoms with Gasteiger partial charge < -0.3 is 25.8 Å². The van der Waals surface area contributed by atoms with Crippen LogP contribution in [0.1, 0.15) is 85.2 Å². The van der Waals surface area contributed by atoms with E-state index in [-0.39, 0.29) is 66.1 Å². The molecule has 0 aliphatic carbocycles. The van der Waals surface area contributed by atoms with E-state index >= 15 is 4.79 Å². The summed E-state index contributed by atoms with van der Waals surface area (Å²) in [5, 5.41) is 26.4. The first-order valence-corrected chi connectivity index (χ1v) is 21.6. The van der Waals surface area contributed by atoms with Gasteiger partial charge in [0.05, 0.1) is 34.7 Å².